The lowest BCUT2D eigenvalue weighted by molar-refractivity contribution is -0.384. The molecule has 0 atom stereocenters. The third-order valence-electron chi connectivity index (χ3n) is 4.18. The summed E-state index contributed by atoms with van der Waals surface area (Å²) >= 11 is 5.87. The number of nitro groups is 1. The minimum atomic E-state index is -4.09. The Morgan fingerprint density at radius 2 is 1.79 bits per heavy atom. The third kappa shape index (κ3) is 6.51. The van der Waals surface area contributed by atoms with Gasteiger partial charge in [-0.15, -0.1) is 0 Å². The number of carbonyl (C=O) groups is 1. The predicted octanol–water partition coefficient (Wildman–Crippen LogP) is 4.45. The van der Waals surface area contributed by atoms with Crippen LogP contribution < -0.4 is 15.5 Å². The number of hydrazone groups is 1. The van der Waals surface area contributed by atoms with Crippen molar-refractivity contribution in [3.8, 4) is 0 Å². The Morgan fingerprint density at radius 3 is 2.42 bits per heavy atom. The Kier molecular flexibility index (Phi) is 7.26. The van der Waals surface area contributed by atoms with E-state index in [4.69, 9.17) is 11.6 Å². The largest absolute Gasteiger partial charge is 0.326 e. The average Bonchev–Trinajstić information content (AvgIpc) is 2.74. The Labute approximate surface area is 194 Å². The first-order chi connectivity index (χ1) is 15.6. The van der Waals surface area contributed by atoms with Crippen LogP contribution in [0.4, 0.5) is 22.7 Å². The van der Waals surface area contributed by atoms with Gasteiger partial charge in [0.2, 0.25) is 5.91 Å². The highest BCUT2D eigenvalue weighted by Gasteiger charge is 2.21. The fourth-order valence-corrected chi connectivity index (χ4v) is 3.98. The highest BCUT2D eigenvalue weighted by molar-refractivity contribution is 7.92. The molecule has 0 saturated heterocycles. The van der Waals surface area contributed by atoms with E-state index in [9.17, 15) is 23.3 Å². The SMILES string of the molecule is CC(=O)Nc1ccc(C=NNc2ccc(S(=O)(=O)Nc3cccc(Cl)c3)cc2[N+](=O)[O-])cc1. The quantitative estimate of drug-likeness (QED) is 0.243. The third-order valence-corrected chi connectivity index (χ3v) is 5.80. The smallest absolute Gasteiger partial charge is 0.295 e. The summed E-state index contributed by atoms with van der Waals surface area (Å²) < 4.78 is 27.6. The maximum atomic E-state index is 12.6. The molecule has 0 heterocycles. The Bertz CT molecular complexity index is 1330. The molecule has 0 saturated carbocycles. The van der Waals surface area contributed by atoms with E-state index in [0.29, 0.717) is 16.3 Å². The summed E-state index contributed by atoms with van der Waals surface area (Å²) in [7, 11) is -4.09. The van der Waals surface area contributed by atoms with E-state index in [1.54, 1.807) is 36.4 Å². The van der Waals surface area contributed by atoms with Crippen molar-refractivity contribution in [3.05, 3.63) is 87.4 Å². The first kappa shape index (κ1) is 23.7. The molecule has 3 N–H and O–H groups in total. The van der Waals surface area contributed by atoms with Gasteiger partial charge in [0.15, 0.2) is 0 Å². The monoisotopic (exact) mass is 487 g/mol. The fourth-order valence-electron chi connectivity index (χ4n) is 2.72. The van der Waals surface area contributed by atoms with Crippen molar-refractivity contribution in [1.29, 1.82) is 0 Å². The normalized spacial score (nSPS) is 11.2. The standard InChI is InChI=1S/C21H18ClN5O5S/c1-14(28)24-17-7-5-15(6-8-17)13-23-25-20-10-9-19(12-21(20)27(29)30)33(31,32)26-18-4-2-3-16(22)11-18/h2-13,25-26H,1H3,(H,24,28). The van der Waals surface area contributed by atoms with Crippen molar-refractivity contribution < 1.29 is 18.1 Å². The minimum absolute atomic E-state index is 0.00724. The number of halogens is 1. The molecule has 0 aromatic heterocycles. The van der Waals surface area contributed by atoms with Gasteiger partial charge in [-0.2, -0.15) is 5.10 Å². The van der Waals surface area contributed by atoms with Crippen LogP contribution in [0.2, 0.25) is 5.02 Å². The van der Waals surface area contributed by atoms with Crippen LogP contribution in [-0.2, 0) is 14.8 Å². The van der Waals surface area contributed by atoms with E-state index in [1.165, 1.54) is 37.4 Å². The van der Waals surface area contributed by atoms with E-state index in [0.717, 1.165) is 6.07 Å². The van der Waals surface area contributed by atoms with Gasteiger partial charge in [0, 0.05) is 23.7 Å². The summed E-state index contributed by atoms with van der Waals surface area (Å²) in [6.45, 7) is 1.40. The van der Waals surface area contributed by atoms with Gasteiger partial charge < -0.3 is 5.32 Å². The molecular weight excluding hydrogens is 470 g/mol. The molecule has 1 amide bonds. The second kappa shape index (κ2) is 10.1. The molecule has 0 fully saturated rings. The summed E-state index contributed by atoms with van der Waals surface area (Å²) in [6.07, 6.45) is 1.42. The van der Waals surface area contributed by atoms with Gasteiger partial charge in [-0.1, -0.05) is 29.8 Å². The average molecular weight is 488 g/mol. The summed E-state index contributed by atoms with van der Waals surface area (Å²) in [5.74, 6) is -0.196. The fraction of sp³-hybridized carbons (Fsp3) is 0.0476. The Balaban J connectivity index is 1.77. The van der Waals surface area contributed by atoms with Crippen molar-refractivity contribution >= 4 is 56.5 Å². The zero-order valence-electron chi connectivity index (χ0n) is 17.2. The lowest BCUT2D eigenvalue weighted by atomic mass is 10.2. The van der Waals surface area contributed by atoms with Crippen molar-refractivity contribution in [2.45, 2.75) is 11.8 Å². The lowest BCUT2D eigenvalue weighted by Gasteiger charge is -2.09. The van der Waals surface area contributed by atoms with Crippen molar-refractivity contribution in [1.82, 2.24) is 0 Å². The first-order valence-electron chi connectivity index (χ1n) is 9.37. The highest BCUT2D eigenvalue weighted by Crippen LogP contribution is 2.29. The number of benzene rings is 3. The summed E-state index contributed by atoms with van der Waals surface area (Å²) in [5.41, 5.74) is 3.60. The molecule has 12 heteroatoms. The van der Waals surface area contributed by atoms with E-state index >= 15 is 0 Å². The van der Waals surface area contributed by atoms with E-state index in [2.05, 4.69) is 20.6 Å². The minimum Gasteiger partial charge on any atom is -0.326 e. The number of hydrogen-bond acceptors (Lipinski definition) is 7. The molecule has 10 nitrogen and oxygen atoms in total. The van der Waals surface area contributed by atoms with Crippen LogP contribution in [0.3, 0.4) is 0 Å². The maximum absolute atomic E-state index is 12.6. The van der Waals surface area contributed by atoms with Gasteiger partial charge in [0.25, 0.3) is 15.7 Å². The number of rotatable bonds is 8. The van der Waals surface area contributed by atoms with Gasteiger partial charge in [0.1, 0.15) is 5.69 Å². The van der Waals surface area contributed by atoms with Gasteiger partial charge in [0.05, 0.1) is 21.7 Å². The molecular formula is C21H18ClN5O5S. The molecule has 0 aliphatic rings. The molecule has 3 rings (SSSR count). The van der Waals surface area contributed by atoms with E-state index in [1.807, 2.05) is 0 Å². The number of carbonyl (C=O) groups excluding carboxylic acids is 1. The van der Waals surface area contributed by atoms with Gasteiger partial charge in [-0.05, 0) is 48.0 Å². The summed E-state index contributed by atoms with van der Waals surface area (Å²) in [4.78, 5) is 21.6. The number of amides is 1. The van der Waals surface area contributed by atoms with Crippen LogP contribution >= 0.6 is 11.6 Å². The molecule has 0 aliphatic heterocycles. The first-order valence-corrected chi connectivity index (χ1v) is 11.2. The topological polar surface area (TPSA) is 143 Å². The van der Waals surface area contributed by atoms with Crippen LogP contribution in [0.25, 0.3) is 0 Å². The number of sulfonamides is 1. The van der Waals surface area contributed by atoms with Crippen molar-refractivity contribution in [2.24, 2.45) is 5.10 Å². The molecule has 170 valence electrons. The van der Waals surface area contributed by atoms with Crippen LogP contribution in [0.15, 0.2) is 76.7 Å². The number of nitrogens with zero attached hydrogens (tertiary/aromatic N) is 2. The zero-order chi connectivity index (χ0) is 24.0. The number of hydrogen-bond donors (Lipinski definition) is 3. The van der Waals surface area contributed by atoms with Crippen LogP contribution in [0.1, 0.15) is 12.5 Å². The second-order valence-corrected chi connectivity index (χ2v) is 8.84. The van der Waals surface area contributed by atoms with E-state index < -0.39 is 20.6 Å². The molecule has 0 unspecified atom stereocenters. The zero-order valence-corrected chi connectivity index (χ0v) is 18.7. The summed E-state index contributed by atoms with van der Waals surface area (Å²) in [6, 6.07) is 16.2. The molecule has 0 bridgehead atoms. The van der Waals surface area contributed by atoms with Crippen molar-refractivity contribution in [3.63, 3.8) is 0 Å². The summed E-state index contributed by atoms with van der Waals surface area (Å²) in [5, 5.41) is 18.4. The van der Waals surface area contributed by atoms with Gasteiger partial charge in [-0.25, -0.2) is 8.42 Å². The van der Waals surface area contributed by atoms with Gasteiger partial charge >= 0.3 is 0 Å². The molecule has 0 spiro atoms. The lowest BCUT2D eigenvalue weighted by Crippen LogP contribution is -2.13. The number of anilines is 3. The Morgan fingerprint density at radius 1 is 1.06 bits per heavy atom. The predicted molar refractivity (Wildman–Crippen MR) is 127 cm³/mol. The molecule has 0 aliphatic carbocycles. The molecule has 3 aromatic carbocycles. The van der Waals surface area contributed by atoms with Crippen molar-refractivity contribution in [2.75, 3.05) is 15.5 Å². The van der Waals surface area contributed by atoms with E-state index in [-0.39, 0.29) is 22.2 Å². The number of nitro benzene ring substituents is 1. The Hall–Kier alpha value is -3.96. The maximum Gasteiger partial charge on any atom is 0.295 e. The number of nitrogens with one attached hydrogen (secondary N) is 3. The van der Waals surface area contributed by atoms with Crippen LogP contribution in [-0.4, -0.2) is 25.5 Å². The molecule has 3 aromatic rings. The highest BCUT2D eigenvalue weighted by atomic mass is 35.5. The van der Waals surface area contributed by atoms with Crippen LogP contribution in [0.5, 0.6) is 0 Å². The molecule has 0 radical (unpaired) electrons. The van der Waals surface area contributed by atoms with Gasteiger partial charge in [-0.3, -0.25) is 25.1 Å². The van der Waals surface area contributed by atoms with Crippen LogP contribution in [0, 0.1) is 10.1 Å². The molecule has 33 heavy (non-hydrogen) atoms. The second-order valence-electron chi connectivity index (χ2n) is 6.73.